The van der Waals surface area contributed by atoms with Gasteiger partial charge in [0.1, 0.15) is 24.4 Å². The van der Waals surface area contributed by atoms with Crippen LogP contribution in [0.15, 0.2) is 0 Å². The van der Waals surface area contributed by atoms with Crippen molar-refractivity contribution in [3.8, 4) is 0 Å². The molecule has 0 spiro atoms. The number of carboxylic acids is 1. The summed E-state index contributed by atoms with van der Waals surface area (Å²) in [6, 6.07) is -1.25. The fourth-order valence-electron chi connectivity index (χ4n) is 1.63. The second kappa shape index (κ2) is 8.90. The molecule has 1 amide bonds. The van der Waals surface area contributed by atoms with Gasteiger partial charge in [0, 0.05) is 0 Å². The summed E-state index contributed by atoms with van der Waals surface area (Å²) < 4.78 is 0. The fourth-order valence-corrected chi connectivity index (χ4v) is 1.63. The van der Waals surface area contributed by atoms with Crippen molar-refractivity contribution in [1.82, 2.24) is 5.32 Å². The van der Waals surface area contributed by atoms with Gasteiger partial charge in [-0.2, -0.15) is 0 Å². The molecule has 0 heterocycles. The third kappa shape index (κ3) is 6.36. The van der Waals surface area contributed by atoms with Gasteiger partial charge in [-0.15, -0.1) is 0 Å². The Balaban J connectivity index is 4.71. The largest absolute Gasteiger partial charge is 0.480 e. The Hall–Kier alpha value is -1.26. The highest BCUT2D eigenvalue weighted by atomic mass is 16.4. The molecule has 0 aliphatic carbocycles. The second-order valence-corrected chi connectivity index (χ2v) is 5.20. The number of carboxylic acid groups (broad SMARTS) is 1. The first kappa shape index (κ1) is 19.7. The highest BCUT2D eigenvalue weighted by Gasteiger charge is 2.35. The van der Waals surface area contributed by atoms with Crippen LogP contribution in [-0.4, -0.2) is 79.6 Å². The van der Waals surface area contributed by atoms with Gasteiger partial charge in [0.15, 0.2) is 6.10 Å². The summed E-state index contributed by atoms with van der Waals surface area (Å²) in [6.07, 6.45) is -7.79. The first-order valence-corrected chi connectivity index (χ1v) is 6.48. The molecule has 7 N–H and O–H groups in total. The predicted molar refractivity (Wildman–Crippen MR) is 70.1 cm³/mol. The Kier molecular flexibility index (Phi) is 8.37. The van der Waals surface area contributed by atoms with Gasteiger partial charge >= 0.3 is 5.97 Å². The zero-order valence-corrected chi connectivity index (χ0v) is 11.9. The van der Waals surface area contributed by atoms with Gasteiger partial charge in [-0.05, 0) is 12.3 Å². The lowest BCUT2D eigenvalue weighted by Crippen LogP contribution is -2.54. The number of hydrogen-bond donors (Lipinski definition) is 7. The molecule has 0 aliphatic heterocycles. The van der Waals surface area contributed by atoms with Crippen molar-refractivity contribution in [3.05, 3.63) is 0 Å². The van der Waals surface area contributed by atoms with E-state index in [2.05, 4.69) is 0 Å². The van der Waals surface area contributed by atoms with Gasteiger partial charge < -0.3 is 36.0 Å². The van der Waals surface area contributed by atoms with Crippen molar-refractivity contribution in [2.45, 2.75) is 50.7 Å². The van der Waals surface area contributed by atoms with Crippen molar-refractivity contribution in [3.63, 3.8) is 0 Å². The molecule has 0 rings (SSSR count). The maximum Gasteiger partial charge on any atom is 0.326 e. The molecule has 0 saturated carbocycles. The number of aliphatic hydroxyl groups is 5. The Morgan fingerprint density at radius 1 is 1.05 bits per heavy atom. The maximum absolute atomic E-state index is 11.7. The molecule has 0 radical (unpaired) electrons. The molecule has 5 atom stereocenters. The lowest BCUT2D eigenvalue weighted by Gasteiger charge is -2.26. The highest BCUT2D eigenvalue weighted by molar-refractivity contribution is 5.86. The van der Waals surface area contributed by atoms with Crippen LogP contribution in [0.25, 0.3) is 0 Å². The van der Waals surface area contributed by atoms with Crippen molar-refractivity contribution in [2.75, 3.05) is 6.61 Å². The number of nitrogens with one attached hydrogen (secondary N) is 1. The smallest absolute Gasteiger partial charge is 0.326 e. The average molecular weight is 309 g/mol. The van der Waals surface area contributed by atoms with Gasteiger partial charge in [-0.25, -0.2) is 4.79 Å². The molecule has 9 nitrogen and oxygen atoms in total. The molecule has 9 heteroatoms. The molecular weight excluding hydrogens is 286 g/mol. The molecule has 21 heavy (non-hydrogen) atoms. The van der Waals surface area contributed by atoms with E-state index in [9.17, 15) is 24.9 Å². The third-order valence-corrected chi connectivity index (χ3v) is 2.85. The summed E-state index contributed by atoms with van der Waals surface area (Å²) in [5.41, 5.74) is 0. The number of aliphatic carboxylic acids is 1. The van der Waals surface area contributed by atoms with E-state index >= 15 is 0 Å². The van der Waals surface area contributed by atoms with E-state index in [0.29, 0.717) is 0 Å². The van der Waals surface area contributed by atoms with E-state index in [4.69, 9.17) is 15.3 Å². The monoisotopic (exact) mass is 309 g/mol. The van der Waals surface area contributed by atoms with Gasteiger partial charge in [0.2, 0.25) is 0 Å². The van der Waals surface area contributed by atoms with E-state index in [0.717, 1.165) is 0 Å². The SMILES string of the molecule is CC(C)C[C@H](NC(=O)[C@H](O)[C@@H](O)[C@H](O)[C@H](O)CO)C(=O)O. The van der Waals surface area contributed by atoms with Crippen molar-refractivity contribution in [2.24, 2.45) is 5.92 Å². The fraction of sp³-hybridized carbons (Fsp3) is 0.833. The van der Waals surface area contributed by atoms with Gasteiger partial charge in [0.25, 0.3) is 5.91 Å². The Morgan fingerprint density at radius 2 is 1.57 bits per heavy atom. The Labute approximate surface area is 121 Å². The zero-order chi connectivity index (χ0) is 16.7. The normalized spacial score (nSPS) is 18.7. The number of rotatable bonds is 9. The van der Waals surface area contributed by atoms with E-state index in [1.165, 1.54) is 0 Å². The van der Waals surface area contributed by atoms with Crippen LogP contribution >= 0.6 is 0 Å². The first-order chi connectivity index (χ1) is 9.61. The number of carbonyl (C=O) groups is 2. The summed E-state index contributed by atoms with van der Waals surface area (Å²) >= 11 is 0. The van der Waals surface area contributed by atoms with Crippen LogP contribution in [0.4, 0.5) is 0 Å². The summed E-state index contributed by atoms with van der Waals surface area (Å²) in [5.74, 6) is -2.52. The predicted octanol–water partition coefficient (Wildman–Crippen LogP) is -2.96. The molecule has 0 bridgehead atoms. The molecule has 0 aromatic heterocycles. The van der Waals surface area contributed by atoms with Crippen molar-refractivity contribution < 1.29 is 40.2 Å². The molecule has 0 unspecified atom stereocenters. The summed E-state index contributed by atoms with van der Waals surface area (Å²) in [4.78, 5) is 22.6. The maximum atomic E-state index is 11.7. The Bertz CT molecular complexity index is 348. The van der Waals surface area contributed by atoms with Crippen molar-refractivity contribution >= 4 is 11.9 Å². The van der Waals surface area contributed by atoms with Crippen LogP contribution in [0.3, 0.4) is 0 Å². The van der Waals surface area contributed by atoms with Crippen LogP contribution in [0.5, 0.6) is 0 Å². The molecular formula is C12H23NO8. The number of amides is 1. The molecule has 0 aromatic rings. The minimum absolute atomic E-state index is 0.0322. The lowest BCUT2D eigenvalue weighted by molar-refractivity contribution is -0.153. The summed E-state index contributed by atoms with van der Waals surface area (Å²) in [5, 5.41) is 57.2. The number of aliphatic hydroxyl groups excluding tert-OH is 5. The zero-order valence-electron chi connectivity index (χ0n) is 11.9. The summed E-state index contributed by atoms with van der Waals surface area (Å²) in [6.45, 7) is 2.61. The third-order valence-electron chi connectivity index (χ3n) is 2.85. The van der Waals surface area contributed by atoms with Crippen LogP contribution < -0.4 is 5.32 Å². The summed E-state index contributed by atoms with van der Waals surface area (Å²) in [7, 11) is 0. The minimum Gasteiger partial charge on any atom is -0.480 e. The van der Waals surface area contributed by atoms with Gasteiger partial charge in [0.05, 0.1) is 6.61 Å². The van der Waals surface area contributed by atoms with E-state index < -0.39 is 48.9 Å². The van der Waals surface area contributed by atoms with E-state index in [-0.39, 0.29) is 12.3 Å². The van der Waals surface area contributed by atoms with Crippen LogP contribution in [0, 0.1) is 5.92 Å². The van der Waals surface area contributed by atoms with E-state index in [1.54, 1.807) is 13.8 Å². The first-order valence-electron chi connectivity index (χ1n) is 6.48. The molecule has 0 saturated heterocycles. The number of carbonyl (C=O) groups excluding carboxylic acids is 1. The van der Waals surface area contributed by atoms with E-state index in [1.807, 2.05) is 5.32 Å². The highest BCUT2D eigenvalue weighted by Crippen LogP contribution is 2.08. The molecule has 124 valence electrons. The Morgan fingerprint density at radius 3 is 1.95 bits per heavy atom. The van der Waals surface area contributed by atoms with Crippen molar-refractivity contribution in [1.29, 1.82) is 0 Å². The van der Waals surface area contributed by atoms with Gasteiger partial charge in [-0.3, -0.25) is 4.79 Å². The number of hydrogen-bond acceptors (Lipinski definition) is 7. The molecule has 0 fully saturated rings. The molecule has 0 aromatic carbocycles. The topological polar surface area (TPSA) is 168 Å². The lowest BCUT2D eigenvalue weighted by atomic mass is 10.0. The quantitative estimate of drug-likeness (QED) is 0.237. The second-order valence-electron chi connectivity index (χ2n) is 5.20. The van der Waals surface area contributed by atoms with Crippen LogP contribution in [0.2, 0.25) is 0 Å². The average Bonchev–Trinajstić information content (AvgIpc) is 2.42. The van der Waals surface area contributed by atoms with Gasteiger partial charge in [-0.1, -0.05) is 13.8 Å². The van der Waals surface area contributed by atoms with Crippen LogP contribution in [-0.2, 0) is 9.59 Å². The van der Waals surface area contributed by atoms with Crippen LogP contribution in [0.1, 0.15) is 20.3 Å². The molecule has 0 aliphatic rings. The minimum atomic E-state index is -2.14. The standard InChI is InChI=1S/C12H23NO8/c1-5(2)3-6(12(20)21)13-11(19)10(18)9(17)8(16)7(15)4-14/h5-10,14-18H,3-4H2,1-2H3,(H,13,19)(H,20,21)/t6-,7+,8+,9-,10+/m0/s1.